The van der Waals surface area contributed by atoms with Crippen molar-refractivity contribution in [3.05, 3.63) is 109 Å². The van der Waals surface area contributed by atoms with Gasteiger partial charge in [-0.3, -0.25) is 9.59 Å². The van der Waals surface area contributed by atoms with Gasteiger partial charge in [0.1, 0.15) is 6.61 Å². The quantitative estimate of drug-likeness (QED) is 0.0346. The van der Waals surface area contributed by atoms with Crippen molar-refractivity contribution < 1.29 is 23.8 Å². The van der Waals surface area contributed by atoms with Crippen LogP contribution in [0.4, 0.5) is 0 Å². The van der Waals surface area contributed by atoms with Crippen molar-refractivity contribution in [2.45, 2.75) is 232 Å². The Morgan fingerprint density at radius 1 is 0.359 bits per heavy atom. The molecule has 0 aliphatic heterocycles. The Balaban J connectivity index is 4.38. The molecule has 0 heterocycles. The largest absolute Gasteiger partial charge is 0.462 e. The standard InChI is InChI=1S/C59H98O5/c1-4-7-10-13-16-19-22-25-27-28-29-30-31-33-36-39-42-45-48-51-54-62-55-57(64-59(61)53-50-47-44-41-38-34-24-21-18-15-12-9-6-3)56-63-58(60)52-49-46-43-40-37-35-32-26-23-20-17-14-11-8-5-2/h9,12,16-21,25-27,29-30,32,34,38,44,47,57H,4-8,10-11,13-15,22-24,28,31,33,35-37,39-43,45-46,48-56H2,1-3H3/b12-9-,19-16-,20-17-,21-18-,27-25-,30-29-,32-26-,38-34-,47-44-. The number of hydrogen-bond acceptors (Lipinski definition) is 5. The third-order valence-electron chi connectivity index (χ3n) is 10.8. The first kappa shape index (κ1) is 60.6. The topological polar surface area (TPSA) is 61.8 Å². The monoisotopic (exact) mass is 887 g/mol. The zero-order valence-corrected chi connectivity index (χ0v) is 41.8. The van der Waals surface area contributed by atoms with Crippen molar-refractivity contribution in [1.82, 2.24) is 0 Å². The van der Waals surface area contributed by atoms with Crippen LogP contribution in [0.1, 0.15) is 226 Å². The zero-order valence-electron chi connectivity index (χ0n) is 41.8. The fourth-order valence-electron chi connectivity index (χ4n) is 6.85. The predicted octanol–water partition coefficient (Wildman–Crippen LogP) is 18.0. The molecule has 0 N–H and O–H groups in total. The van der Waals surface area contributed by atoms with Crippen LogP contribution < -0.4 is 0 Å². The van der Waals surface area contributed by atoms with E-state index in [-0.39, 0.29) is 31.6 Å². The van der Waals surface area contributed by atoms with Gasteiger partial charge in [-0.05, 0) is 116 Å². The number of esters is 2. The molecule has 0 bridgehead atoms. The van der Waals surface area contributed by atoms with Gasteiger partial charge in [0.05, 0.1) is 6.61 Å². The van der Waals surface area contributed by atoms with Crippen LogP contribution in [0.15, 0.2) is 109 Å². The van der Waals surface area contributed by atoms with E-state index in [1.807, 2.05) is 6.08 Å². The fraction of sp³-hybridized carbons (Fsp3) is 0.661. The Morgan fingerprint density at radius 2 is 0.734 bits per heavy atom. The molecule has 0 aromatic rings. The lowest BCUT2D eigenvalue weighted by molar-refractivity contribution is -0.162. The Labute approximate surface area is 395 Å². The van der Waals surface area contributed by atoms with Gasteiger partial charge < -0.3 is 14.2 Å². The van der Waals surface area contributed by atoms with Crippen molar-refractivity contribution >= 4 is 11.9 Å². The number of rotatable bonds is 47. The van der Waals surface area contributed by atoms with Gasteiger partial charge in [-0.1, -0.05) is 207 Å². The van der Waals surface area contributed by atoms with E-state index < -0.39 is 6.10 Å². The molecule has 0 fully saturated rings. The highest BCUT2D eigenvalue weighted by atomic mass is 16.6. The molecular formula is C59H98O5. The first-order valence-electron chi connectivity index (χ1n) is 26.4. The van der Waals surface area contributed by atoms with Gasteiger partial charge in [-0.15, -0.1) is 0 Å². The summed E-state index contributed by atoms with van der Waals surface area (Å²) in [6.07, 6.45) is 74.0. The molecule has 0 saturated carbocycles. The maximum absolute atomic E-state index is 12.8. The summed E-state index contributed by atoms with van der Waals surface area (Å²) in [5, 5.41) is 0. The molecule has 0 aliphatic rings. The SMILES string of the molecule is CC/C=C\C/C=C\C/C=C\C/C=C\CCC(=O)OC(COCCCCCCCCC/C=C\C/C=C\C/C=C\CCCCC)COC(=O)CCCCCCC/C=C\C/C=C\CCCCC. The van der Waals surface area contributed by atoms with E-state index in [4.69, 9.17) is 14.2 Å². The lowest BCUT2D eigenvalue weighted by atomic mass is 10.1. The van der Waals surface area contributed by atoms with Crippen LogP contribution in [0.25, 0.3) is 0 Å². The number of hydrogen-bond donors (Lipinski definition) is 0. The maximum Gasteiger partial charge on any atom is 0.306 e. The Kier molecular flexibility index (Phi) is 51.0. The molecular weight excluding hydrogens is 789 g/mol. The van der Waals surface area contributed by atoms with Crippen LogP contribution in [0, 0.1) is 0 Å². The molecule has 364 valence electrons. The minimum Gasteiger partial charge on any atom is -0.462 e. The second kappa shape index (κ2) is 53.9. The molecule has 0 saturated heterocycles. The molecule has 5 nitrogen and oxygen atoms in total. The second-order valence-corrected chi connectivity index (χ2v) is 17.0. The molecule has 64 heavy (non-hydrogen) atoms. The van der Waals surface area contributed by atoms with Gasteiger partial charge in [0.25, 0.3) is 0 Å². The van der Waals surface area contributed by atoms with Gasteiger partial charge in [0.15, 0.2) is 6.10 Å². The number of carbonyl (C=O) groups excluding carboxylic acids is 2. The van der Waals surface area contributed by atoms with Crippen LogP contribution in [-0.4, -0.2) is 37.9 Å². The molecule has 0 aromatic heterocycles. The van der Waals surface area contributed by atoms with Crippen LogP contribution in [0.2, 0.25) is 0 Å². The zero-order chi connectivity index (χ0) is 46.3. The summed E-state index contributed by atoms with van der Waals surface area (Å²) in [5.74, 6) is -0.517. The highest BCUT2D eigenvalue weighted by molar-refractivity contribution is 5.70. The van der Waals surface area contributed by atoms with Gasteiger partial charge in [0.2, 0.25) is 0 Å². The number of carbonyl (C=O) groups is 2. The molecule has 0 spiro atoms. The third kappa shape index (κ3) is 51.2. The predicted molar refractivity (Wildman–Crippen MR) is 279 cm³/mol. The van der Waals surface area contributed by atoms with Crippen molar-refractivity contribution in [2.24, 2.45) is 0 Å². The van der Waals surface area contributed by atoms with Crippen LogP contribution >= 0.6 is 0 Å². The molecule has 0 radical (unpaired) electrons. The summed E-state index contributed by atoms with van der Waals surface area (Å²) in [6.45, 7) is 7.54. The van der Waals surface area contributed by atoms with E-state index in [9.17, 15) is 9.59 Å². The first-order valence-corrected chi connectivity index (χ1v) is 26.4. The van der Waals surface area contributed by atoms with Crippen LogP contribution in [0.5, 0.6) is 0 Å². The third-order valence-corrected chi connectivity index (χ3v) is 10.8. The molecule has 5 heteroatoms. The van der Waals surface area contributed by atoms with Crippen molar-refractivity contribution in [3.8, 4) is 0 Å². The molecule has 0 aliphatic carbocycles. The fourth-order valence-corrected chi connectivity index (χ4v) is 6.85. The molecule has 0 rings (SSSR count). The molecule has 1 atom stereocenters. The normalized spacial score (nSPS) is 13.1. The Morgan fingerprint density at radius 3 is 1.19 bits per heavy atom. The average molecular weight is 887 g/mol. The second-order valence-electron chi connectivity index (χ2n) is 17.0. The summed E-state index contributed by atoms with van der Waals surface area (Å²) < 4.78 is 17.3. The van der Waals surface area contributed by atoms with Crippen LogP contribution in [0.3, 0.4) is 0 Å². The minimum absolute atomic E-state index is 0.0392. The molecule has 1 unspecified atom stereocenters. The van der Waals surface area contributed by atoms with E-state index in [2.05, 4.69) is 124 Å². The van der Waals surface area contributed by atoms with Gasteiger partial charge >= 0.3 is 11.9 Å². The van der Waals surface area contributed by atoms with E-state index in [0.29, 0.717) is 19.4 Å². The lowest BCUT2D eigenvalue weighted by Crippen LogP contribution is -2.30. The average Bonchev–Trinajstić information content (AvgIpc) is 3.30. The maximum atomic E-state index is 12.8. The summed E-state index contributed by atoms with van der Waals surface area (Å²) in [5.41, 5.74) is 0. The van der Waals surface area contributed by atoms with E-state index >= 15 is 0 Å². The number of ether oxygens (including phenoxy) is 3. The minimum atomic E-state index is -0.592. The summed E-state index contributed by atoms with van der Waals surface area (Å²) in [4.78, 5) is 25.4. The summed E-state index contributed by atoms with van der Waals surface area (Å²) >= 11 is 0. The van der Waals surface area contributed by atoms with Gasteiger partial charge in [0, 0.05) is 19.4 Å². The molecule has 0 aromatic carbocycles. The lowest BCUT2D eigenvalue weighted by Gasteiger charge is -2.18. The van der Waals surface area contributed by atoms with Gasteiger partial charge in [-0.25, -0.2) is 0 Å². The van der Waals surface area contributed by atoms with Crippen LogP contribution in [-0.2, 0) is 23.8 Å². The molecule has 0 amide bonds. The first-order chi connectivity index (χ1) is 31.6. The van der Waals surface area contributed by atoms with Crippen molar-refractivity contribution in [2.75, 3.05) is 19.8 Å². The van der Waals surface area contributed by atoms with Crippen molar-refractivity contribution in [1.29, 1.82) is 0 Å². The number of allylic oxidation sites excluding steroid dienone is 18. The van der Waals surface area contributed by atoms with E-state index in [0.717, 1.165) is 83.5 Å². The Hall–Kier alpha value is -3.44. The number of unbranched alkanes of at least 4 members (excludes halogenated alkanes) is 18. The summed E-state index contributed by atoms with van der Waals surface area (Å²) in [6, 6.07) is 0. The highest BCUT2D eigenvalue weighted by Gasteiger charge is 2.17. The van der Waals surface area contributed by atoms with E-state index in [1.165, 1.54) is 103 Å². The van der Waals surface area contributed by atoms with E-state index in [1.54, 1.807) is 0 Å². The smallest absolute Gasteiger partial charge is 0.306 e. The van der Waals surface area contributed by atoms with Gasteiger partial charge in [-0.2, -0.15) is 0 Å². The summed E-state index contributed by atoms with van der Waals surface area (Å²) in [7, 11) is 0. The van der Waals surface area contributed by atoms with Crippen molar-refractivity contribution in [3.63, 3.8) is 0 Å². The highest BCUT2D eigenvalue weighted by Crippen LogP contribution is 2.12. The Bertz CT molecular complexity index is 1280.